The minimum atomic E-state index is 0.237. The second-order valence-electron chi connectivity index (χ2n) is 4.34. The third kappa shape index (κ3) is 4.64. The number of hydrogen-bond donors (Lipinski definition) is 1. The molecule has 0 amide bonds. The summed E-state index contributed by atoms with van der Waals surface area (Å²) in [5, 5.41) is 0. The molecule has 1 aromatic carbocycles. The molecule has 0 radical (unpaired) electrons. The summed E-state index contributed by atoms with van der Waals surface area (Å²) in [5.41, 5.74) is 7.07. The first-order valence-corrected chi connectivity index (χ1v) is 5.69. The monoisotopic (exact) mass is 222 g/mol. The maximum atomic E-state index is 5.74. The first kappa shape index (κ1) is 13.0. The predicted octanol–water partition coefficient (Wildman–Crippen LogP) is 1.52. The molecule has 0 aliphatic rings. The number of nitrogens with zero attached hydrogens (tertiary/aromatic N) is 1. The average Bonchev–Trinajstić information content (AvgIpc) is 2.26. The van der Waals surface area contributed by atoms with Gasteiger partial charge in [-0.3, -0.25) is 0 Å². The van der Waals surface area contributed by atoms with Gasteiger partial charge in [0.1, 0.15) is 5.75 Å². The molecule has 0 aliphatic heterocycles. The molecule has 0 fully saturated rings. The second-order valence-corrected chi connectivity index (χ2v) is 4.34. The Morgan fingerprint density at radius 2 is 1.94 bits per heavy atom. The zero-order valence-electron chi connectivity index (χ0n) is 10.4. The van der Waals surface area contributed by atoms with Gasteiger partial charge in [0.05, 0.1) is 7.11 Å². The molecule has 0 spiro atoms. The Balaban J connectivity index is 2.36. The van der Waals surface area contributed by atoms with Crippen LogP contribution < -0.4 is 10.5 Å². The van der Waals surface area contributed by atoms with Crippen molar-refractivity contribution in [1.82, 2.24) is 4.90 Å². The van der Waals surface area contributed by atoms with Crippen LogP contribution in [0.25, 0.3) is 0 Å². The molecule has 0 saturated heterocycles. The lowest BCUT2D eigenvalue weighted by Crippen LogP contribution is -2.34. The molecule has 1 rings (SSSR count). The first-order valence-electron chi connectivity index (χ1n) is 5.69. The standard InChI is InChI=1S/C13H22N2O/c1-11(14)10-15(2)9-8-12-4-6-13(16-3)7-5-12/h4-7,11H,8-10,14H2,1-3H3. The van der Waals surface area contributed by atoms with Gasteiger partial charge in [-0.1, -0.05) is 12.1 Å². The Morgan fingerprint density at radius 3 is 2.44 bits per heavy atom. The second kappa shape index (κ2) is 6.51. The zero-order chi connectivity index (χ0) is 12.0. The van der Waals surface area contributed by atoms with E-state index in [4.69, 9.17) is 10.5 Å². The van der Waals surface area contributed by atoms with Crippen LogP contribution in [0.2, 0.25) is 0 Å². The SMILES string of the molecule is COc1ccc(CCN(C)CC(C)N)cc1. The molecule has 90 valence electrons. The van der Waals surface area contributed by atoms with Crippen molar-refractivity contribution in [1.29, 1.82) is 0 Å². The molecule has 0 saturated carbocycles. The van der Waals surface area contributed by atoms with E-state index in [9.17, 15) is 0 Å². The van der Waals surface area contributed by atoms with Gasteiger partial charge in [-0.25, -0.2) is 0 Å². The quantitative estimate of drug-likeness (QED) is 0.793. The van der Waals surface area contributed by atoms with Crippen molar-refractivity contribution in [2.24, 2.45) is 5.73 Å². The third-order valence-corrected chi connectivity index (χ3v) is 2.54. The fourth-order valence-electron chi connectivity index (χ4n) is 1.70. The summed E-state index contributed by atoms with van der Waals surface area (Å²) in [6.45, 7) is 4.01. The van der Waals surface area contributed by atoms with Crippen LogP contribution in [0.1, 0.15) is 12.5 Å². The Bertz CT molecular complexity index is 295. The Morgan fingerprint density at radius 1 is 1.31 bits per heavy atom. The van der Waals surface area contributed by atoms with E-state index in [1.165, 1.54) is 5.56 Å². The van der Waals surface area contributed by atoms with E-state index in [1.807, 2.05) is 19.1 Å². The van der Waals surface area contributed by atoms with Crippen LogP contribution in [0.3, 0.4) is 0 Å². The van der Waals surface area contributed by atoms with Crippen molar-refractivity contribution in [3.8, 4) is 5.75 Å². The number of methoxy groups -OCH3 is 1. The molecule has 1 atom stereocenters. The molecule has 2 N–H and O–H groups in total. The third-order valence-electron chi connectivity index (χ3n) is 2.54. The maximum Gasteiger partial charge on any atom is 0.118 e. The fraction of sp³-hybridized carbons (Fsp3) is 0.538. The highest BCUT2D eigenvalue weighted by atomic mass is 16.5. The van der Waals surface area contributed by atoms with Gasteiger partial charge in [0.2, 0.25) is 0 Å². The van der Waals surface area contributed by atoms with Crippen LogP contribution >= 0.6 is 0 Å². The number of rotatable bonds is 6. The lowest BCUT2D eigenvalue weighted by atomic mass is 10.1. The predicted molar refractivity (Wildman–Crippen MR) is 67.8 cm³/mol. The number of likely N-dealkylation sites (N-methyl/N-ethyl adjacent to an activating group) is 1. The van der Waals surface area contributed by atoms with Crippen LogP contribution in [-0.2, 0) is 6.42 Å². The summed E-state index contributed by atoms with van der Waals surface area (Å²) in [4.78, 5) is 2.26. The van der Waals surface area contributed by atoms with Crippen LogP contribution in [0.15, 0.2) is 24.3 Å². The molecular formula is C13H22N2O. The minimum Gasteiger partial charge on any atom is -0.497 e. The number of ether oxygens (including phenoxy) is 1. The molecule has 0 aromatic heterocycles. The summed E-state index contributed by atoms with van der Waals surface area (Å²) in [5.74, 6) is 0.910. The maximum absolute atomic E-state index is 5.74. The van der Waals surface area contributed by atoms with Crippen molar-refractivity contribution in [2.45, 2.75) is 19.4 Å². The highest BCUT2D eigenvalue weighted by molar-refractivity contribution is 5.27. The van der Waals surface area contributed by atoms with Gasteiger partial charge in [0.15, 0.2) is 0 Å². The molecule has 1 aromatic rings. The lowest BCUT2D eigenvalue weighted by molar-refractivity contribution is 0.321. The first-order chi connectivity index (χ1) is 7.61. The van der Waals surface area contributed by atoms with Crippen molar-refractivity contribution in [2.75, 3.05) is 27.2 Å². The van der Waals surface area contributed by atoms with Crippen molar-refractivity contribution < 1.29 is 4.74 Å². The Kier molecular flexibility index (Phi) is 5.29. The van der Waals surface area contributed by atoms with Crippen LogP contribution in [0, 0.1) is 0 Å². The smallest absolute Gasteiger partial charge is 0.118 e. The molecular weight excluding hydrogens is 200 g/mol. The van der Waals surface area contributed by atoms with E-state index in [-0.39, 0.29) is 6.04 Å². The summed E-state index contributed by atoms with van der Waals surface area (Å²) in [6, 6.07) is 8.46. The van der Waals surface area contributed by atoms with E-state index >= 15 is 0 Å². The topological polar surface area (TPSA) is 38.5 Å². The van der Waals surface area contributed by atoms with Gasteiger partial charge >= 0.3 is 0 Å². The van der Waals surface area contributed by atoms with E-state index in [2.05, 4.69) is 24.1 Å². The summed E-state index contributed by atoms with van der Waals surface area (Å²) in [7, 11) is 3.79. The molecule has 16 heavy (non-hydrogen) atoms. The van der Waals surface area contributed by atoms with E-state index < -0.39 is 0 Å². The normalized spacial score (nSPS) is 12.8. The molecule has 0 aliphatic carbocycles. The molecule has 3 heteroatoms. The lowest BCUT2D eigenvalue weighted by Gasteiger charge is -2.18. The van der Waals surface area contributed by atoms with Crippen LogP contribution in [-0.4, -0.2) is 38.2 Å². The van der Waals surface area contributed by atoms with Gasteiger partial charge in [-0.2, -0.15) is 0 Å². The molecule has 3 nitrogen and oxygen atoms in total. The molecule has 0 heterocycles. The van der Waals surface area contributed by atoms with E-state index in [1.54, 1.807) is 7.11 Å². The van der Waals surface area contributed by atoms with Crippen molar-refractivity contribution in [3.63, 3.8) is 0 Å². The zero-order valence-corrected chi connectivity index (χ0v) is 10.4. The Hall–Kier alpha value is -1.06. The molecule has 0 bridgehead atoms. The van der Waals surface area contributed by atoms with E-state index in [0.29, 0.717) is 0 Å². The van der Waals surface area contributed by atoms with Crippen molar-refractivity contribution >= 4 is 0 Å². The largest absolute Gasteiger partial charge is 0.497 e. The van der Waals surface area contributed by atoms with Gasteiger partial charge in [0.25, 0.3) is 0 Å². The summed E-state index contributed by atoms with van der Waals surface area (Å²) in [6.07, 6.45) is 1.05. The van der Waals surface area contributed by atoms with Crippen LogP contribution in [0.4, 0.5) is 0 Å². The van der Waals surface area contributed by atoms with Gasteiger partial charge in [0, 0.05) is 19.1 Å². The van der Waals surface area contributed by atoms with E-state index in [0.717, 1.165) is 25.3 Å². The highest BCUT2D eigenvalue weighted by Crippen LogP contribution is 2.11. The van der Waals surface area contributed by atoms with Crippen LogP contribution in [0.5, 0.6) is 5.75 Å². The highest BCUT2D eigenvalue weighted by Gasteiger charge is 2.02. The number of hydrogen-bond acceptors (Lipinski definition) is 3. The average molecular weight is 222 g/mol. The van der Waals surface area contributed by atoms with Gasteiger partial charge in [-0.15, -0.1) is 0 Å². The summed E-state index contributed by atoms with van der Waals surface area (Å²) < 4.78 is 5.12. The van der Waals surface area contributed by atoms with Gasteiger partial charge in [-0.05, 0) is 38.1 Å². The number of nitrogens with two attached hydrogens (primary N) is 1. The fourth-order valence-corrected chi connectivity index (χ4v) is 1.70. The molecule has 1 unspecified atom stereocenters. The minimum absolute atomic E-state index is 0.237. The number of benzene rings is 1. The van der Waals surface area contributed by atoms with Gasteiger partial charge < -0.3 is 15.4 Å². The summed E-state index contributed by atoms with van der Waals surface area (Å²) >= 11 is 0. The van der Waals surface area contributed by atoms with Crippen molar-refractivity contribution in [3.05, 3.63) is 29.8 Å². The Labute approximate surface area is 98.2 Å².